The van der Waals surface area contributed by atoms with E-state index >= 15 is 0 Å². The molecule has 6 heteroatoms. The monoisotopic (exact) mass is 272 g/mol. The summed E-state index contributed by atoms with van der Waals surface area (Å²) >= 11 is 0. The molecule has 0 bridgehead atoms. The van der Waals surface area contributed by atoms with Crippen LogP contribution >= 0.6 is 0 Å². The van der Waals surface area contributed by atoms with Gasteiger partial charge in [0.15, 0.2) is 0 Å². The first-order valence-corrected chi connectivity index (χ1v) is 6.25. The van der Waals surface area contributed by atoms with E-state index in [0.717, 1.165) is 0 Å². The van der Waals surface area contributed by atoms with Crippen molar-refractivity contribution in [3.8, 4) is 0 Å². The molecule has 1 N–H and O–H groups in total. The summed E-state index contributed by atoms with van der Waals surface area (Å²) in [5.74, 6) is -2.21. The Balaban J connectivity index is 4.75. The van der Waals surface area contributed by atoms with Gasteiger partial charge in [-0.05, 0) is 12.3 Å². The van der Waals surface area contributed by atoms with Gasteiger partial charge in [0, 0.05) is 14.1 Å². The molecule has 0 spiro atoms. The Morgan fingerprint density at radius 3 is 2.11 bits per heavy atom. The van der Waals surface area contributed by atoms with Crippen molar-refractivity contribution in [1.82, 2.24) is 10.2 Å². The van der Waals surface area contributed by atoms with E-state index in [-0.39, 0.29) is 19.1 Å². The summed E-state index contributed by atoms with van der Waals surface area (Å²) in [7, 11) is 3.20. The maximum Gasteiger partial charge on any atom is 0.319 e. The van der Waals surface area contributed by atoms with Crippen LogP contribution in [0.2, 0.25) is 0 Å². The van der Waals surface area contributed by atoms with Crippen LogP contribution in [0.25, 0.3) is 0 Å². The normalized spacial score (nSPS) is 12.5. The minimum atomic E-state index is -0.928. The second kappa shape index (κ2) is 7.11. The smallest absolute Gasteiger partial charge is 0.319 e. The summed E-state index contributed by atoms with van der Waals surface area (Å²) < 4.78 is 4.91. The first-order chi connectivity index (χ1) is 8.61. The summed E-state index contributed by atoms with van der Waals surface area (Å²) in [6.45, 7) is 7.12. The molecule has 110 valence electrons. The van der Waals surface area contributed by atoms with Crippen molar-refractivity contribution in [3.63, 3.8) is 0 Å². The molecule has 0 rings (SSSR count). The first kappa shape index (κ1) is 17.4. The number of amides is 2. The predicted octanol–water partition coefficient (Wildman–Crippen LogP) is 0.416. The van der Waals surface area contributed by atoms with Crippen molar-refractivity contribution in [2.45, 2.75) is 27.7 Å². The molecule has 2 amide bonds. The molecule has 1 atom stereocenters. The van der Waals surface area contributed by atoms with E-state index in [9.17, 15) is 14.4 Å². The predicted molar refractivity (Wildman–Crippen MR) is 71.3 cm³/mol. The number of carbonyl (C=O) groups excluding carboxylic acids is 3. The van der Waals surface area contributed by atoms with Crippen molar-refractivity contribution in [2.75, 3.05) is 27.2 Å². The number of hydrogen-bond acceptors (Lipinski definition) is 4. The number of rotatable bonds is 5. The summed E-state index contributed by atoms with van der Waals surface area (Å²) in [6, 6.07) is 0. The average Bonchev–Trinajstić information content (AvgIpc) is 2.24. The number of hydrogen-bond donors (Lipinski definition) is 1. The molecule has 0 aliphatic heterocycles. The third-order valence-electron chi connectivity index (χ3n) is 2.56. The molecule has 0 saturated heterocycles. The highest BCUT2D eigenvalue weighted by atomic mass is 16.5. The highest BCUT2D eigenvalue weighted by Crippen LogP contribution is 2.27. The summed E-state index contributed by atoms with van der Waals surface area (Å²) in [5, 5.41) is 2.48. The number of carbonyl (C=O) groups is 3. The standard InChI is InChI=1S/C13H24N2O4/c1-7-19-12(18)10(13(2,3)4)11(17)14-8-9(16)15(5)6/h10H,7-8H2,1-6H3,(H,14,17). The Morgan fingerprint density at radius 1 is 1.21 bits per heavy atom. The van der Waals surface area contributed by atoms with Gasteiger partial charge in [0.25, 0.3) is 0 Å². The molecule has 0 radical (unpaired) electrons. The van der Waals surface area contributed by atoms with Gasteiger partial charge in [-0.25, -0.2) is 0 Å². The van der Waals surface area contributed by atoms with E-state index in [2.05, 4.69) is 5.32 Å². The van der Waals surface area contributed by atoms with Crippen molar-refractivity contribution in [3.05, 3.63) is 0 Å². The van der Waals surface area contributed by atoms with E-state index in [1.54, 1.807) is 41.8 Å². The molecule has 6 nitrogen and oxygen atoms in total. The fraction of sp³-hybridized carbons (Fsp3) is 0.769. The first-order valence-electron chi connectivity index (χ1n) is 6.25. The van der Waals surface area contributed by atoms with Gasteiger partial charge in [0.2, 0.25) is 11.8 Å². The van der Waals surface area contributed by atoms with Gasteiger partial charge >= 0.3 is 5.97 Å². The lowest BCUT2D eigenvalue weighted by Gasteiger charge is -2.27. The number of likely N-dealkylation sites (N-methyl/N-ethyl adjacent to an activating group) is 1. The largest absolute Gasteiger partial charge is 0.465 e. The van der Waals surface area contributed by atoms with Crippen LogP contribution in [0.1, 0.15) is 27.7 Å². The van der Waals surface area contributed by atoms with Crippen LogP contribution < -0.4 is 5.32 Å². The van der Waals surface area contributed by atoms with Gasteiger partial charge in [0.05, 0.1) is 13.2 Å². The minimum Gasteiger partial charge on any atom is -0.465 e. The molecule has 0 aromatic carbocycles. The third-order valence-corrected chi connectivity index (χ3v) is 2.56. The minimum absolute atomic E-state index is 0.127. The molecule has 0 aromatic heterocycles. The van der Waals surface area contributed by atoms with Crippen molar-refractivity contribution in [1.29, 1.82) is 0 Å². The molecule has 0 saturated carbocycles. The highest BCUT2D eigenvalue weighted by Gasteiger charge is 2.38. The maximum absolute atomic E-state index is 12.1. The SMILES string of the molecule is CCOC(=O)C(C(=O)NCC(=O)N(C)C)C(C)(C)C. The van der Waals surface area contributed by atoms with Crippen LogP contribution in [0.3, 0.4) is 0 Å². The maximum atomic E-state index is 12.1. The fourth-order valence-corrected chi connectivity index (χ4v) is 1.50. The third kappa shape index (κ3) is 5.72. The highest BCUT2D eigenvalue weighted by molar-refractivity contribution is 5.99. The Bertz CT molecular complexity index is 345. The van der Waals surface area contributed by atoms with Crippen LogP contribution in [0.5, 0.6) is 0 Å². The number of nitrogens with one attached hydrogen (secondary N) is 1. The van der Waals surface area contributed by atoms with Crippen molar-refractivity contribution in [2.24, 2.45) is 11.3 Å². The zero-order valence-electron chi connectivity index (χ0n) is 12.6. The van der Waals surface area contributed by atoms with Crippen LogP contribution in [0.4, 0.5) is 0 Å². The molecular formula is C13H24N2O4. The molecule has 0 fully saturated rings. The number of nitrogens with zero attached hydrogens (tertiary/aromatic N) is 1. The molecule has 0 aromatic rings. The van der Waals surface area contributed by atoms with E-state index in [1.165, 1.54) is 4.90 Å². The Kier molecular flexibility index (Phi) is 6.52. The zero-order valence-corrected chi connectivity index (χ0v) is 12.6. The molecule has 0 heterocycles. The van der Waals surface area contributed by atoms with Crippen LogP contribution in [-0.4, -0.2) is 49.9 Å². The molecular weight excluding hydrogens is 248 g/mol. The van der Waals surface area contributed by atoms with Gasteiger partial charge in [0.1, 0.15) is 5.92 Å². The van der Waals surface area contributed by atoms with Crippen LogP contribution in [-0.2, 0) is 19.1 Å². The zero-order chi connectivity index (χ0) is 15.2. The van der Waals surface area contributed by atoms with Crippen molar-refractivity contribution >= 4 is 17.8 Å². The quantitative estimate of drug-likeness (QED) is 0.581. The average molecular weight is 272 g/mol. The lowest BCUT2D eigenvalue weighted by Crippen LogP contribution is -2.46. The lowest BCUT2D eigenvalue weighted by molar-refractivity contribution is -0.157. The summed E-state index contributed by atoms with van der Waals surface area (Å²) in [5.41, 5.74) is -0.572. The summed E-state index contributed by atoms with van der Waals surface area (Å²) in [6.07, 6.45) is 0. The van der Waals surface area contributed by atoms with Gasteiger partial charge in [-0.1, -0.05) is 20.8 Å². The van der Waals surface area contributed by atoms with E-state index < -0.39 is 23.2 Å². The van der Waals surface area contributed by atoms with Gasteiger partial charge in [-0.3, -0.25) is 14.4 Å². The van der Waals surface area contributed by atoms with E-state index in [0.29, 0.717) is 0 Å². The topological polar surface area (TPSA) is 75.7 Å². The molecule has 19 heavy (non-hydrogen) atoms. The van der Waals surface area contributed by atoms with Gasteiger partial charge in [-0.15, -0.1) is 0 Å². The van der Waals surface area contributed by atoms with Crippen LogP contribution in [0, 0.1) is 11.3 Å². The Hall–Kier alpha value is -1.59. The second-order valence-corrected chi connectivity index (χ2v) is 5.56. The summed E-state index contributed by atoms with van der Waals surface area (Å²) in [4.78, 5) is 36.7. The number of ether oxygens (including phenoxy) is 1. The Morgan fingerprint density at radius 2 is 1.74 bits per heavy atom. The molecule has 0 aliphatic rings. The second-order valence-electron chi connectivity index (χ2n) is 5.56. The van der Waals surface area contributed by atoms with Crippen molar-refractivity contribution < 1.29 is 19.1 Å². The lowest BCUT2D eigenvalue weighted by atomic mass is 9.80. The molecule has 0 aliphatic carbocycles. The van der Waals surface area contributed by atoms with Gasteiger partial charge < -0.3 is 15.0 Å². The Labute approximate surface area is 114 Å². The van der Waals surface area contributed by atoms with Crippen LogP contribution in [0.15, 0.2) is 0 Å². The fourth-order valence-electron chi connectivity index (χ4n) is 1.50. The molecule has 1 unspecified atom stereocenters. The number of esters is 1. The van der Waals surface area contributed by atoms with E-state index in [4.69, 9.17) is 4.74 Å². The van der Waals surface area contributed by atoms with Gasteiger partial charge in [-0.2, -0.15) is 0 Å². The van der Waals surface area contributed by atoms with E-state index in [1.807, 2.05) is 0 Å².